The number of benzene rings is 1. The van der Waals surface area contributed by atoms with Crippen LogP contribution in [0.25, 0.3) is 0 Å². The molecule has 1 fully saturated rings. The number of nitrogens with zero attached hydrogens (tertiary/aromatic N) is 2. The Kier molecular flexibility index (Phi) is 3.93. The molecular weight excluding hydrogens is 234 g/mol. The van der Waals surface area contributed by atoms with Crippen LogP contribution in [0.3, 0.4) is 0 Å². The van der Waals surface area contributed by atoms with E-state index in [1.54, 1.807) is 23.1 Å². The van der Waals surface area contributed by atoms with Crippen LogP contribution < -0.4 is 0 Å². The number of piperidine rings is 1. The lowest BCUT2D eigenvalue weighted by atomic mass is 9.98. The summed E-state index contributed by atoms with van der Waals surface area (Å²) in [6.45, 7) is 0.814. The molecule has 1 aromatic carbocycles. The van der Waals surface area contributed by atoms with Gasteiger partial charge in [-0.05, 0) is 19.4 Å². The highest BCUT2D eigenvalue weighted by molar-refractivity contribution is 5.20. The van der Waals surface area contributed by atoms with Crippen LogP contribution in [0, 0.1) is 17.2 Å². The molecule has 1 atom stereocenters. The van der Waals surface area contributed by atoms with Crippen molar-refractivity contribution in [2.45, 2.75) is 18.8 Å². The summed E-state index contributed by atoms with van der Waals surface area (Å²) in [5, 5.41) is 8.86. The van der Waals surface area contributed by atoms with E-state index in [1.165, 1.54) is 12.1 Å². The molecule has 0 spiro atoms. The topological polar surface area (TPSA) is 27.0 Å². The van der Waals surface area contributed by atoms with E-state index >= 15 is 0 Å². The minimum atomic E-state index is -2.85. The smallest absolute Gasteiger partial charge is 0.285 e. The van der Waals surface area contributed by atoms with Crippen molar-refractivity contribution in [1.29, 1.82) is 5.26 Å². The van der Waals surface area contributed by atoms with Gasteiger partial charge in [0.15, 0.2) is 0 Å². The van der Waals surface area contributed by atoms with E-state index in [1.807, 2.05) is 0 Å². The van der Waals surface area contributed by atoms with Gasteiger partial charge < -0.3 is 0 Å². The Morgan fingerprint density at radius 2 is 2.06 bits per heavy atom. The van der Waals surface area contributed by atoms with E-state index in [-0.39, 0.29) is 18.0 Å². The zero-order chi connectivity index (χ0) is 13.0. The normalized spacial score (nSPS) is 21.5. The van der Waals surface area contributed by atoms with Crippen LogP contribution in [0.4, 0.5) is 8.78 Å². The minimum absolute atomic E-state index is 0.0454. The van der Waals surface area contributed by atoms with Gasteiger partial charge in [0.25, 0.3) is 5.92 Å². The van der Waals surface area contributed by atoms with Crippen molar-refractivity contribution in [3.05, 3.63) is 35.9 Å². The second-order valence-electron chi connectivity index (χ2n) is 4.77. The molecule has 2 nitrogen and oxygen atoms in total. The number of rotatable bonds is 3. The molecular formula is C14H16F2N2. The van der Waals surface area contributed by atoms with E-state index in [2.05, 4.69) is 6.07 Å². The molecule has 1 unspecified atom stereocenters. The lowest BCUT2D eigenvalue weighted by Crippen LogP contribution is -2.41. The first-order chi connectivity index (χ1) is 8.62. The molecule has 1 aliphatic rings. The van der Waals surface area contributed by atoms with Gasteiger partial charge in [0.2, 0.25) is 0 Å². The molecule has 0 aromatic heterocycles. The molecule has 0 amide bonds. The second kappa shape index (κ2) is 5.45. The molecule has 0 aliphatic carbocycles. The van der Waals surface area contributed by atoms with Crippen LogP contribution in [0.5, 0.6) is 0 Å². The number of hydrogen-bond donors (Lipinski definition) is 0. The predicted molar refractivity (Wildman–Crippen MR) is 65.1 cm³/mol. The zero-order valence-electron chi connectivity index (χ0n) is 10.1. The number of hydrogen-bond acceptors (Lipinski definition) is 2. The van der Waals surface area contributed by atoms with Crippen LogP contribution in [-0.4, -0.2) is 24.5 Å². The van der Waals surface area contributed by atoms with Crippen molar-refractivity contribution in [3.8, 4) is 6.07 Å². The third-order valence-corrected chi connectivity index (χ3v) is 3.31. The lowest BCUT2D eigenvalue weighted by molar-refractivity contribution is -0.0441. The number of halogens is 2. The van der Waals surface area contributed by atoms with Gasteiger partial charge in [0.1, 0.15) is 0 Å². The van der Waals surface area contributed by atoms with Crippen LogP contribution in [0.1, 0.15) is 18.4 Å². The average molecular weight is 250 g/mol. The van der Waals surface area contributed by atoms with Crippen molar-refractivity contribution in [2.75, 3.05) is 19.6 Å². The fourth-order valence-corrected chi connectivity index (χ4v) is 2.36. The summed E-state index contributed by atoms with van der Waals surface area (Å²) in [5.74, 6) is -2.95. The number of nitriles is 1. The van der Waals surface area contributed by atoms with E-state index < -0.39 is 5.92 Å². The van der Waals surface area contributed by atoms with Gasteiger partial charge >= 0.3 is 0 Å². The summed E-state index contributed by atoms with van der Waals surface area (Å²) in [7, 11) is 0. The Bertz CT molecular complexity index is 425. The Labute approximate surface area is 106 Å². The molecule has 4 heteroatoms. The van der Waals surface area contributed by atoms with Crippen molar-refractivity contribution in [2.24, 2.45) is 5.92 Å². The lowest BCUT2D eigenvalue weighted by Gasteiger charge is -2.32. The molecule has 0 saturated carbocycles. The van der Waals surface area contributed by atoms with Gasteiger partial charge in [0, 0.05) is 12.1 Å². The number of alkyl halides is 2. The van der Waals surface area contributed by atoms with Gasteiger partial charge in [0.05, 0.1) is 18.5 Å². The van der Waals surface area contributed by atoms with Crippen molar-refractivity contribution in [1.82, 2.24) is 4.90 Å². The Morgan fingerprint density at radius 1 is 1.33 bits per heavy atom. The third-order valence-electron chi connectivity index (χ3n) is 3.31. The Balaban J connectivity index is 2.02. The highest BCUT2D eigenvalue weighted by Crippen LogP contribution is 2.30. The van der Waals surface area contributed by atoms with Gasteiger partial charge in [-0.2, -0.15) is 14.0 Å². The first-order valence-electron chi connectivity index (χ1n) is 6.17. The standard InChI is InChI=1S/C14H16F2N2/c15-14(16,13-6-2-1-3-7-13)11-18-8-4-5-12(9-17)10-18/h1-3,6-7,12H,4-5,8,10-11H2. The molecule has 1 aromatic rings. The van der Waals surface area contributed by atoms with E-state index in [0.29, 0.717) is 13.1 Å². The first kappa shape index (κ1) is 13.0. The van der Waals surface area contributed by atoms with Gasteiger partial charge in [-0.25, -0.2) is 0 Å². The third kappa shape index (κ3) is 3.05. The maximum absolute atomic E-state index is 14.0. The first-order valence-corrected chi connectivity index (χ1v) is 6.17. The van der Waals surface area contributed by atoms with Gasteiger partial charge in [-0.3, -0.25) is 4.90 Å². The fourth-order valence-electron chi connectivity index (χ4n) is 2.36. The van der Waals surface area contributed by atoms with Crippen LogP contribution in [0.15, 0.2) is 30.3 Å². The van der Waals surface area contributed by atoms with Crippen LogP contribution in [0.2, 0.25) is 0 Å². The Morgan fingerprint density at radius 3 is 2.72 bits per heavy atom. The summed E-state index contributed by atoms with van der Waals surface area (Å²) in [5.41, 5.74) is 0.0454. The van der Waals surface area contributed by atoms with E-state index in [9.17, 15) is 8.78 Å². The summed E-state index contributed by atoms with van der Waals surface area (Å²) >= 11 is 0. The van der Waals surface area contributed by atoms with Crippen LogP contribution in [-0.2, 0) is 5.92 Å². The summed E-state index contributed by atoms with van der Waals surface area (Å²) in [4.78, 5) is 1.70. The molecule has 1 saturated heterocycles. The summed E-state index contributed by atoms with van der Waals surface area (Å²) < 4.78 is 28.1. The monoisotopic (exact) mass is 250 g/mol. The maximum Gasteiger partial charge on any atom is 0.285 e. The predicted octanol–water partition coefficient (Wildman–Crippen LogP) is 3.01. The highest BCUT2D eigenvalue weighted by atomic mass is 19.3. The largest absolute Gasteiger partial charge is 0.296 e. The minimum Gasteiger partial charge on any atom is -0.296 e. The molecule has 1 heterocycles. The SMILES string of the molecule is N#CC1CCCN(CC(F)(F)c2ccccc2)C1. The van der Waals surface area contributed by atoms with Crippen molar-refractivity contribution in [3.63, 3.8) is 0 Å². The molecule has 0 N–H and O–H groups in total. The van der Waals surface area contributed by atoms with E-state index in [0.717, 1.165) is 12.8 Å². The molecule has 1 aliphatic heterocycles. The average Bonchev–Trinajstić information content (AvgIpc) is 2.39. The fraction of sp³-hybridized carbons (Fsp3) is 0.500. The second-order valence-corrected chi connectivity index (χ2v) is 4.77. The maximum atomic E-state index is 14.0. The van der Waals surface area contributed by atoms with Crippen LogP contribution >= 0.6 is 0 Å². The van der Waals surface area contributed by atoms with Gasteiger partial charge in [-0.1, -0.05) is 30.3 Å². The van der Waals surface area contributed by atoms with E-state index in [4.69, 9.17) is 5.26 Å². The van der Waals surface area contributed by atoms with Crippen molar-refractivity contribution >= 4 is 0 Å². The molecule has 96 valence electrons. The molecule has 0 bridgehead atoms. The van der Waals surface area contributed by atoms with Crippen molar-refractivity contribution < 1.29 is 8.78 Å². The quantitative estimate of drug-likeness (QED) is 0.824. The molecule has 18 heavy (non-hydrogen) atoms. The summed E-state index contributed by atoms with van der Waals surface area (Å²) in [6.07, 6.45) is 1.65. The molecule has 0 radical (unpaired) electrons. The Hall–Kier alpha value is -1.47. The number of likely N-dealkylation sites (tertiary alicyclic amines) is 1. The summed E-state index contributed by atoms with van der Waals surface area (Å²) in [6, 6.07) is 10.0. The molecule has 2 rings (SSSR count). The van der Waals surface area contributed by atoms with Gasteiger partial charge in [-0.15, -0.1) is 0 Å². The highest BCUT2D eigenvalue weighted by Gasteiger charge is 2.35. The zero-order valence-corrected chi connectivity index (χ0v) is 10.1.